The van der Waals surface area contributed by atoms with E-state index in [-0.39, 0.29) is 0 Å². The number of aliphatic hydroxyl groups is 1. The molecule has 1 aliphatic rings. The zero-order valence-electron chi connectivity index (χ0n) is 8.99. The summed E-state index contributed by atoms with van der Waals surface area (Å²) in [6, 6.07) is 5.51. The Hall–Kier alpha value is -1.22. The molecule has 0 aliphatic heterocycles. The third kappa shape index (κ3) is 1.67. The van der Waals surface area contributed by atoms with Crippen LogP contribution in [0.15, 0.2) is 18.2 Å². The van der Waals surface area contributed by atoms with Crippen LogP contribution in [-0.2, 0) is 5.60 Å². The molecule has 0 saturated heterocycles. The van der Waals surface area contributed by atoms with Crippen molar-refractivity contribution in [3.8, 4) is 5.75 Å². The number of anilines is 1. The molecule has 1 aromatic rings. The highest BCUT2D eigenvalue weighted by atomic mass is 16.5. The number of ether oxygens (including phenoxy) is 1. The van der Waals surface area contributed by atoms with Gasteiger partial charge in [0.1, 0.15) is 5.75 Å². The Morgan fingerprint density at radius 2 is 2.00 bits per heavy atom. The topological polar surface area (TPSA) is 55.5 Å². The summed E-state index contributed by atoms with van der Waals surface area (Å²) >= 11 is 0. The number of benzene rings is 1. The van der Waals surface area contributed by atoms with Crippen molar-refractivity contribution in [2.75, 3.05) is 12.8 Å². The fourth-order valence-corrected chi connectivity index (χ4v) is 2.43. The van der Waals surface area contributed by atoms with Gasteiger partial charge in [0.05, 0.1) is 12.7 Å². The third-order valence-electron chi connectivity index (χ3n) is 3.17. The van der Waals surface area contributed by atoms with Crippen molar-refractivity contribution >= 4 is 5.69 Å². The van der Waals surface area contributed by atoms with E-state index in [0.717, 1.165) is 31.2 Å². The lowest BCUT2D eigenvalue weighted by atomic mass is 9.90. The van der Waals surface area contributed by atoms with Crippen molar-refractivity contribution in [2.24, 2.45) is 0 Å². The molecule has 0 spiro atoms. The van der Waals surface area contributed by atoms with E-state index in [1.54, 1.807) is 7.11 Å². The first-order valence-electron chi connectivity index (χ1n) is 5.33. The molecule has 0 atom stereocenters. The fraction of sp³-hybridized carbons (Fsp3) is 0.500. The van der Waals surface area contributed by atoms with Gasteiger partial charge in [0.2, 0.25) is 0 Å². The van der Waals surface area contributed by atoms with Gasteiger partial charge in [-0.15, -0.1) is 0 Å². The molecule has 2 rings (SSSR count). The summed E-state index contributed by atoms with van der Waals surface area (Å²) in [7, 11) is 1.61. The number of nitrogens with two attached hydrogens (primary N) is 1. The maximum absolute atomic E-state index is 10.5. The van der Waals surface area contributed by atoms with Crippen LogP contribution in [0, 0.1) is 0 Å². The molecule has 3 nitrogen and oxygen atoms in total. The molecule has 0 bridgehead atoms. The zero-order valence-corrected chi connectivity index (χ0v) is 8.99. The monoisotopic (exact) mass is 207 g/mol. The van der Waals surface area contributed by atoms with Gasteiger partial charge in [-0.2, -0.15) is 0 Å². The van der Waals surface area contributed by atoms with E-state index in [9.17, 15) is 5.11 Å². The second-order valence-electron chi connectivity index (χ2n) is 4.16. The molecule has 0 heterocycles. The van der Waals surface area contributed by atoms with Crippen LogP contribution < -0.4 is 10.5 Å². The van der Waals surface area contributed by atoms with Crippen molar-refractivity contribution in [3.05, 3.63) is 23.8 Å². The number of hydrogen-bond acceptors (Lipinski definition) is 3. The Balaban J connectivity index is 2.49. The molecular formula is C12H17NO2. The van der Waals surface area contributed by atoms with Gasteiger partial charge in [-0.05, 0) is 25.0 Å². The number of nitrogen functional groups attached to an aromatic ring is 1. The zero-order chi connectivity index (χ0) is 10.9. The van der Waals surface area contributed by atoms with Crippen molar-refractivity contribution in [2.45, 2.75) is 31.3 Å². The maximum atomic E-state index is 10.5. The van der Waals surface area contributed by atoms with Crippen molar-refractivity contribution in [3.63, 3.8) is 0 Å². The van der Waals surface area contributed by atoms with Crippen molar-refractivity contribution in [1.29, 1.82) is 0 Å². The standard InChI is InChI=1S/C12H17NO2/c1-15-10-6-4-5-9(13)11(10)12(14)7-2-3-8-12/h4-6,14H,2-3,7-8,13H2,1H3. The molecule has 1 saturated carbocycles. The molecule has 3 heteroatoms. The summed E-state index contributed by atoms with van der Waals surface area (Å²) in [5, 5.41) is 10.5. The lowest BCUT2D eigenvalue weighted by Crippen LogP contribution is -2.23. The van der Waals surface area contributed by atoms with E-state index < -0.39 is 5.60 Å². The smallest absolute Gasteiger partial charge is 0.127 e. The Kier molecular flexibility index (Phi) is 2.57. The first-order valence-corrected chi connectivity index (χ1v) is 5.33. The Morgan fingerprint density at radius 3 is 2.60 bits per heavy atom. The van der Waals surface area contributed by atoms with E-state index in [1.165, 1.54) is 0 Å². The fourth-order valence-electron chi connectivity index (χ4n) is 2.43. The average molecular weight is 207 g/mol. The van der Waals surface area contributed by atoms with E-state index >= 15 is 0 Å². The Morgan fingerprint density at radius 1 is 1.33 bits per heavy atom. The van der Waals surface area contributed by atoms with Gasteiger partial charge in [0, 0.05) is 11.3 Å². The van der Waals surface area contributed by atoms with Gasteiger partial charge in [0.25, 0.3) is 0 Å². The van der Waals surface area contributed by atoms with Crippen LogP contribution in [-0.4, -0.2) is 12.2 Å². The second kappa shape index (κ2) is 3.74. The molecule has 1 fully saturated rings. The predicted molar refractivity (Wildman–Crippen MR) is 59.8 cm³/mol. The molecule has 15 heavy (non-hydrogen) atoms. The summed E-state index contributed by atoms with van der Waals surface area (Å²) in [4.78, 5) is 0. The van der Waals surface area contributed by atoms with Crippen LogP contribution in [0.2, 0.25) is 0 Å². The first-order chi connectivity index (χ1) is 7.17. The summed E-state index contributed by atoms with van der Waals surface area (Å²) in [5.74, 6) is 0.694. The normalized spacial score (nSPS) is 19.1. The molecule has 3 N–H and O–H groups in total. The number of methoxy groups -OCH3 is 1. The number of hydrogen-bond donors (Lipinski definition) is 2. The molecule has 1 aliphatic carbocycles. The molecule has 0 radical (unpaired) electrons. The largest absolute Gasteiger partial charge is 0.496 e. The van der Waals surface area contributed by atoms with Gasteiger partial charge in [-0.3, -0.25) is 0 Å². The van der Waals surface area contributed by atoms with Crippen LogP contribution in [0.3, 0.4) is 0 Å². The van der Waals surface area contributed by atoms with Gasteiger partial charge in [-0.1, -0.05) is 18.9 Å². The quantitative estimate of drug-likeness (QED) is 0.730. The summed E-state index contributed by atoms with van der Waals surface area (Å²) in [6.45, 7) is 0. The molecule has 0 unspecified atom stereocenters. The molecule has 0 amide bonds. The van der Waals surface area contributed by atoms with Crippen molar-refractivity contribution < 1.29 is 9.84 Å². The summed E-state index contributed by atoms with van der Waals surface area (Å²) < 4.78 is 5.26. The van der Waals surface area contributed by atoms with Crippen LogP contribution in [0.1, 0.15) is 31.2 Å². The van der Waals surface area contributed by atoms with E-state index in [0.29, 0.717) is 11.4 Å². The van der Waals surface area contributed by atoms with Crippen LogP contribution in [0.25, 0.3) is 0 Å². The Bertz CT molecular complexity index is 357. The lowest BCUT2D eigenvalue weighted by molar-refractivity contribution is 0.0428. The summed E-state index contributed by atoms with van der Waals surface area (Å²) in [6.07, 6.45) is 3.65. The highest BCUT2D eigenvalue weighted by Gasteiger charge is 2.36. The van der Waals surface area contributed by atoms with Crippen LogP contribution in [0.5, 0.6) is 5.75 Å². The minimum atomic E-state index is -0.781. The predicted octanol–water partition coefficient (Wildman–Crippen LogP) is 2.04. The maximum Gasteiger partial charge on any atom is 0.127 e. The highest BCUT2D eigenvalue weighted by Crippen LogP contribution is 2.44. The molecule has 82 valence electrons. The van der Waals surface area contributed by atoms with Gasteiger partial charge in [0.15, 0.2) is 0 Å². The Labute approximate surface area is 89.9 Å². The lowest BCUT2D eigenvalue weighted by Gasteiger charge is -2.26. The van der Waals surface area contributed by atoms with Gasteiger partial charge < -0.3 is 15.6 Å². The molecule has 0 aromatic heterocycles. The van der Waals surface area contributed by atoms with Crippen molar-refractivity contribution in [1.82, 2.24) is 0 Å². The first kappa shape index (κ1) is 10.3. The molecular weight excluding hydrogens is 190 g/mol. The third-order valence-corrected chi connectivity index (χ3v) is 3.17. The minimum Gasteiger partial charge on any atom is -0.496 e. The van der Waals surface area contributed by atoms with Crippen LogP contribution >= 0.6 is 0 Å². The van der Waals surface area contributed by atoms with E-state index in [1.807, 2.05) is 18.2 Å². The second-order valence-corrected chi connectivity index (χ2v) is 4.16. The number of rotatable bonds is 2. The SMILES string of the molecule is COc1cccc(N)c1C1(O)CCCC1. The van der Waals surface area contributed by atoms with Crippen LogP contribution in [0.4, 0.5) is 5.69 Å². The molecule has 1 aromatic carbocycles. The highest BCUT2D eigenvalue weighted by molar-refractivity contribution is 5.57. The van der Waals surface area contributed by atoms with Gasteiger partial charge >= 0.3 is 0 Å². The summed E-state index contributed by atoms with van der Waals surface area (Å²) in [5.41, 5.74) is 6.53. The van der Waals surface area contributed by atoms with Gasteiger partial charge in [-0.25, -0.2) is 0 Å². The van der Waals surface area contributed by atoms with E-state index in [2.05, 4.69) is 0 Å². The average Bonchev–Trinajstić information content (AvgIpc) is 2.65. The minimum absolute atomic E-state index is 0.624. The van der Waals surface area contributed by atoms with E-state index in [4.69, 9.17) is 10.5 Å².